The number of likely N-dealkylation sites (tertiary alicyclic amines) is 1. The lowest BCUT2D eigenvalue weighted by Gasteiger charge is -2.32. The number of piperidine rings is 1. The van der Waals surface area contributed by atoms with Gasteiger partial charge in [-0.25, -0.2) is 4.79 Å². The molecule has 1 aliphatic heterocycles. The minimum Gasteiger partial charge on any atom is -0.481 e. The molecule has 1 aliphatic rings. The smallest absolute Gasteiger partial charge is 0.315 e. The third kappa shape index (κ3) is 6.42. The van der Waals surface area contributed by atoms with Crippen LogP contribution in [0.3, 0.4) is 0 Å². The molecule has 3 N–H and O–H groups in total. The van der Waals surface area contributed by atoms with E-state index in [0.29, 0.717) is 0 Å². The van der Waals surface area contributed by atoms with Crippen LogP contribution in [0.15, 0.2) is 0 Å². The summed E-state index contributed by atoms with van der Waals surface area (Å²) in [5, 5.41) is 14.2. The monoisotopic (exact) mass is 271 g/mol. The van der Waals surface area contributed by atoms with Crippen molar-refractivity contribution in [3.8, 4) is 0 Å². The van der Waals surface area contributed by atoms with Crippen LogP contribution >= 0.6 is 0 Å². The summed E-state index contributed by atoms with van der Waals surface area (Å²) >= 11 is 0. The van der Waals surface area contributed by atoms with Gasteiger partial charge in [-0.2, -0.15) is 0 Å². The fourth-order valence-electron chi connectivity index (χ4n) is 2.38. The number of rotatable bonds is 6. The Morgan fingerprint density at radius 3 is 2.53 bits per heavy atom. The van der Waals surface area contributed by atoms with Crippen molar-refractivity contribution in [2.24, 2.45) is 0 Å². The number of carbonyl (C=O) groups is 2. The SMILES string of the molecule is CCCN1CCC(NC(=O)NC(C)CC(=O)O)CC1. The van der Waals surface area contributed by atoms with Crippen LogP contribution in [0.2, 0.25) is 0 Å². The molecule has 0 saturated carbocycles. The Morgan fingerprint density at radius 2 is 2.00 bits per heavy atom. The second-order valence-corrected chi connectivity index (χ2v) is 5.23. The highest BCUT2D eigenvalue weighted by Gasteiger charge is 2.20. The first-order chi connectivity index (χ1) is 9.01. The lowest BCUT2D eigenvalue weighted by molar-refractivity contribution is -0.137. The predicted octanol–water partition coefficient (Wildman–Crippen LogP) is 1.02. The molecule has 6 heteroatoms. The molecule has 2 amide bonds. The fourth-order valence-corrected chi connectivity index (χ4v) is 2.38. The molecule has 110 valence electrons. The van der Waals surface area contributed by atoms with Crippen LogP contribution in [-0.4, -0.2) is 53.7 Å². The Bertz CT molecular complexity index is 302. The third-order valence-electron chi connectivity index (χ3n) is 3.32. The molecule has 1 saturated heterocycles. The molecule has 6 nitrogen and oxygen atoms in total. The van der Waals surface area contributed by atoms with Crippen molar-refractivity contribution in [2.75, 3.05) is 19.6 Å². The van der Waals surface area contributed by atoms with E-state index in [1.165, 1.54) is 0 Å². The van der Waals surface area contributed by atoms with Crippen molar-refractivity contribution in [3.05, 3.63) is 0 Å². The molecule has 0 radical (unpaired) electrons. The van der Waals surface area contributed by atoms with Gasteiger partial charge >= 0.3 is 12.0 Å². The highest BCUT2D eigenvalue weighted by atomic mass is 16.4. The van der Waals surface area contributed by atoms with E-state index in [1.54, 1.807) is 6.92 Å². The zero-order valence-corrected chi connectivity index (χ0v) is 11.8. The maximum absolute atomic E-state index is 11.7. The van der Waals surface area contributed by atoms with Crippen molar-refractivity contribution in [1.82, 2.24) is 15.5 Å². The van der Waals surface area contributed by atoms with Crippen LogP contribution in [0.4, 0.5) is 4.79 Å². The van der Waals surface area contributed by atoms with E-state index in [0.717, 1.165) is 38.9 Å². The van der Waals surface area contributed by atoms with Crippen LogP contribution in [0.25, 0.3) is 0 Å². The first-order valence-corrected chi connectivity index (χ1v) is 7.02. The summed E-state index contributed by atoms with van der Waals surface area (Å²) in [7, 11) is 0. The largest absolute Gasteiger partial charge is 0.481 e. The number of hydrogen-bond acceptors (Lipinski definition) is 3. The Kier molecular flexibility index (Phi) is 6.62. The summed E-state index contributed by atoms with van der Waals surface area (Å²) in [5.74, 6) is -0.902. The number of carboxylic acid groups (broad SMARTS) is 1. The van der Waals surface area contributed by atoms with Crippen LogP contribution in [0.1, 0.15) is 39.5 Å². The zero-order chi connectivity index (χ0) is 14.3. The summed E-state index contributed by atoms with van der Waals surface area (Å²) in [6, 6.07) is -0.412. The summed E-state index contributed by atoms with van der Waals surface area (Å²) in [5.41, 5.74) is 0. The van der Waals surface area contributed by atoms with E-state index in [-0.39, 0.29) is 24.5 Å². The van der Waals surface area contributed by atoms with Gasteiger partial charge in [0, 0.05) is 25.2 Å². The molecule has 1 unspecified atom stereocenters. The molecule has 0 aromatic rings. The molecule has 0 bridgehead atoms. The van der Waals surface area contributed by atoms with Crippen molar-refractivity contribution in [3.63, 3.8) is 0 Å². The van der Waals surface area contributed by atoms with Gasteiger partial charge in [0.25, 0.3) is 0 Å². The number of nitrogens with zero attached hydrogens (tertiary/aromatic N) is 1. The Morgan fingerprint density at radius 1 is 1.37 bits per heavy atom. The molecular formula is C13H25N3O3. The standard InChI is InChI=1S/C13H25N3O3/c1-3-6-16-7-4-11(5-8-16)15-13(19)14-10(2)9-12(17)18/h10-11H,3-9H2,1-2H3,(H,17,18)(H2,14,15,19). The van der Waals surface area contributed by atoms with Crippen LogP contribution in [-0.2, 0) is 4.79 Å². The maximum Gasteiger partial charge on any atom is 0.315 e. The van der Waals surface area contributed by atoms with Gasteiger partial charge in [0.2, 0.25) is 0 Å². The van der Waals surface area contributed by atoms with Gasteiger partial charge in [-0.05, 0) is 32.7 Å². The lowest BCUT2D eigenvalue weighted by atomic mass is 10.1. The Labute approximate surface area is 114 Å². The van der Waals surface area contributed by atoms with E-state index >= 15 is 0 Å². The van der Waals surface area contributed by atoms with Crippen LogP contribution in [0.5, 0.6) is 0 Å². The quantitative estimate of drug-likeness (QED) is 0.674. The summed E-state index contributed by atoms with van der Waals surface area (Å²) in [4.78, 5) is 24.6. The molecule has 1 heterocycles. The van der Waals surface area contributed by atoms with Gasteiger partial charge < -0.3 is 20.6 Å². The second kappa shape index (κ2) is 7.99. The third-order valence-corrected chi connectivity index (χ3v) is 3.32. The van der Waals surface area contributed by atoms with Gasteiger partial charge in [0.05, 0.1) is 6.42 Å². The van der Waals surface area contributed by atoms with Gasteiger partial charge in [-0.15, -0.1) is 0 Å². The Balaban J connectivity index is 2.21. The first-order valence-electron chi connectivity index (χ1n) is 7.02. The molecule has 0 aromatic carbocycles. The average molecular weight is 271 g/mol. The van der Waals surface area contributed by atoms with Gasteiger partial charge in [0.1, 0.15) is 0 Å². The number of hydrogen-bond donors (Lipinski definition) is 3. The van der Waals surface area contributed by atoms with Crippen molar-refractivity contribution >= 4 is 12.0 Å². The van der Waals surface area contributed by atoms with Crippen LogP contribution < -0.4 is 10.6 Å². The molecular weight excluding hydrogens is 246 g/mol. The predicted molar refractivity (Wildman–Crippen MR) is 73.1 cm³/mol. The number of nitrogens with one attached hydrogen (secondary N) is 2. The number of aliphatic carboxylic acids is 1. The molecule has 0 aromatic heterocycles. The highest BCUT2D eigenvalue weighted by Crippen LogP contribution is 2.10. The van der Waals surface area contributed by atoms with E-state index in [9.17, 15) is 9.59 Å². The van der Waals surface area contributed by atoms with Crippen molar-refractivity contribution in [2.45, 2.75) is 51.6 Å². The van der Waals surface area contributed by atoms with E-state index < -0.39 is 5.97 Å². The van der Waals surface area contributed by atoms with Gasteiger partial charge in [0.15, 0.2) is 0 Å². The Hall–Kier alpha value is -1.30. The number of amides is 2. The first kappa shape index (κ1) is 15.8. The number of carboxylic acids is 1. The molecule has 0 aliphatic carbocycles. The number of urea groups is 1. The lowest BCUT2D eigenvalue weighted by Crippen LogP contribution is -2.49. The number of carbonyl (C=O) groups excluding carboxylic acids is 1. The fraction of sp³-hybridized carbons (Fsp3) is 0.846. The topological polar surface area (TPSA) is 81.7 Å². The van der Waals surface area contributed by atoms with E-state index in [1.807, 2.05) is 0 Å². The molecule has 1 atom stereocenters. The van der Waals surface area contributed by atoms with Crippen LogP contribution in [0, 0.1) is 0 Å². The minimum atomic E-state index is -0.902. The van der Waals surface area contributed by atoms with E-state index in [2.05, 4.69) is 22.5 Å². The zero-order valence-electron chi connectivity index (χ0n) is 11.8. The van der Waals surface area contributed by atoms with Gasteiger partial charge in [-0.1, -0.05) is 6.92 Å². The van der Waals surface area contributed by atoms with Crippen molar-refractivity contribution < 1.29 is 14.7 Å². The normalized spacial score (nSPS) is 18.8. The molecule has 1 rings (SSSR count). The summed E-state index contributed by atoms with van der Waals surface area (Å²) < 4.78 is 0. The molecule has 19 heavy (non-hydrogen) atoms. The second-order valence-electron chi connectivity index (χ2n) is 5.23. The summed E-state index contributed by atoms with van der Waals surface area (Å²) in [6.45, 7) is 7.01. The molecule has 1 fully saturated rings. The summed E-state index contributed by atoms with van der Waals surface area (Å²) in [6.07, 6.45) is 3.02. The van der Waals surface area contributed by atoms with E-state index in [4.69, 9.17) is 5.11 Å². The molecule has 0 spiro atoms. The van der Waals surface area contributed by atoms with Crippen molar-refractivity contribution in [1.29, 1.82) is 0 Å². The maximum atomic E-state index is 11.7. The minimum absolute atomic E-state index is 0.0532. The highest BCUT2D eigenvalue weighted by molar-refractivity contribution is 5.75. The average Bonchev–Trinajstić information content (AvgIpc) is 2.30. The van der Waals surface area contributed by atoms with Gasteiger partial charge in [-0.3, -0.25) is 4.79 Å².